The van der Waals surface area contributed by atoms with Gasteiger partial charge in [-0.1, -0.05) is 12.8 Å². The van der Waals surface area contributed by atoms with E-state index in [9.17, 15) is 15.2 Å². The van der Waals surface area contributed by atoms with Crippen molar-refractivity contribution in [2.75, 3.05) is 26.2 Å². The molecule has 0 amide bonds. The number of carboxylic acids is 1. The summed E-state index contributed by atoms with van der Waals surface area (Å²) in [5.41, 5.74) is -0.260. The van der Waals surface area contributed by atoms with E-state index in [2.05, 4.69) is 15.9 Å². The molecule has 6 fully saturated rings. The van der Waals surface area contributed by atoms with Gasteiger partial charge in [0.05, 0.1) is 16.9 Å². The van der Waals surface area contributed by atoms with Crippen molar-refractivity contribution in [3.63, 3.8) is 0 Å². The SMILES string of the molecule is N#CC1(C2CC2)CCC(N2CCCCC2)C1.O=C(O)C1(C2CC2)CCC(N2CCCCC2)C1. The van der Waals surface area contributed by atoms with Crippen LogP contribution in [0.25, 0.3) is 0 Å². The van der Waals surface area contributed by atoms with Gasteiger partial charge in [-0.2, -0.15) is 5.26 Å². The largest absolute Gasteiger partial charge is 0.481 e. The minimum absolute atomic E-state index is 0.0854. The van der Waals surface area contributed by atoms with Gasteiger partial charge in [-0.25, -0.2) is 0 Å². The monoisotopic (exact) mass is 455 g/mol. The molecule has 0 aromatic carbocycles. The van der Waals surface area contributed by atoms with E-state index in [1.54, 1.807) is 0 Å². The molecule has 4 unspecified atom stereocenters. The first-order chi connectivity index (χ1) is 16.1. The lowest BCUT2D eigenvalue weighted by Gasteiger charge is -2.33. The molecule has 0 bridgehead atoms. The number of nitriles is 1. The van der Waals surface area contributed by atoms with Gasteiger partial charge in [0.15, 0.2) is 0 Å². The minimum Gasteiger partial charge on any atom is -0.481 e. The third kappa shape index (κ3) is 4.98. The number of carboxylic acid groups (broad SMARTS) is 1. The van der Waals surface area contributed by atoms with Crippen molar-refractivity contribution in [2.45, 2.75) is 115 Å². The molecule has 4 atom stereocenters. The van der Waals surface area contributed by atoms with Gasteiger partial charge in [0.2, 0.25) is 0 Å². The van der Waals surface area contributed by atoms with Gasteiger partial charge in [-0.05, 0) is 128 Å². The summed E-state index contributed by atoms with van der Waals surface area (Å²) in [6.45, 7) is 4.98. The van der Waals surface area contributed by atoms with Crippen LogP contribution in [-0.2, 0) is 4.79 Å². The van der Waals surface area contributed by atoms with Gasteiger partial charge in [-0.15, -0.1) is 0 Å². The Balaban J connectivity index is 0.000000139. The van der Waals surface area contributed by atoms with Crippen LogP contribution in [-0.4, -0.2) is 59.1 Å². The predicted molar refractivity (Wildman–Crippen MR) is 130 cm³/mol. The summed E-state index contributed by atoms with van der Waals surface area (Å²) in [4.78, 5) is 16.9. The Morgan fingerprint density at radius 1 is 0.727 bits per heavy atom. The summed E-state index contributed by atoms with van der Waals surface area (Å²) in [6.07, 6.45) is 19.7. The predicted octanol–water partition coefficient (Wildman–Crippen LogP) is 5.45. The Hall–Kier alpha value is -1.12. The standard InChI is InChI=1S/C14H22N2.C14H23NO2/c15-11-14(12-4-5-12)7-6-13(10-14)16-8-2-1-3-9-16;16-13(17)14(11-4-5-11)7-6-12(10-14)15-8-2-1-3-9-15/h12-13H,1-10H2;11-12H,1-10H2,(H,16,17). The summed E-state index contributed by atoms with van der Waals surface area (Å²) in [6, 6.07) is 3.98. The molecular formula is C28H45N3O2. The maximum Gasteiger partial charge on any atom is 0.309 e. The van der Waals surface area contributed by atoms with Gasteiger partial charge in [-0.3, -0.25) is 4.79 Å². The van der Waals surface area contributed by atoms with E-state index in [0.29, 0.717) is 12.0 Å². The van der Waals surface area contributed by atoms with Crippen LogP contribution in [0.5, 0.6) is 0 Å². The van der Waals surface area contributed by atoms with Gasteiger partial charge in [0.25, 0.3) is 0 Å². The van der Waals surface area contributed by atoms with Crippen molar-refractivity contribution in [1.82, 2.24) is 9.80 Å². The minimum atomic E-state index is -0.514. The molecule has 6 aliphatic rings. The first-order valence-corrected chi connectivity index (χ1v) is 14.2. The Labute approximate surface area is 200 Å². The third-order valence-corrected chi connectivity index (χ3v) is 10.2. The zero-order chi connectivity index (χ0) is 22.9. The molecule has 2 aliphatic heterocycles. The molecule has 2 saturated heterocycles. The van der Waals surface area contributed by atoms with Crippen LogP contribution >= 0.6 is 0 Å². The molecule has 5 nitrogen and oxygen atoms in total. The molecule has 5 heteroatoms. The molecule has 33 heavy (non-hydrogen) atoms. The maximum atomic E-state index is 11.6. The van der Waals surface area contributed by atoms with E-state index >= 15 is 0 Å². The number of aliphatic carboxylic acids is 1. The Kier molecular flexibility index (Phi) is 7.06. The van der Waals surface area contributed by atoms with E-state index < -0.39 is 5.97 Å². The number of likely N-dealkylation sites (tertiary alicyclic amines) is 2. The molecule has 0 radical (unpaired) electrons. The topological polar surface area (TPSA) is 67.6 Å². The van der Waals surface area contributed by atoms with Crippen LogP contribution in [0.2, 0.25) is 0 Å². The fraction of sp³-hybridized carbons (Fsp3) is 0.929. The first-order valence-electron chi connectivity index (χ1n) is 14.2. The second-order valence-corrected chi connectivity index (χ2v) is 12.3. The lowest BCUT2D eigenvalue weighted by atomic mass is 9.80. The highest BCUT2D eigenvalue weighted by molar-refractivity contribution is 5.76. The van der Waals surface area contributed by atoms with Crippen LogP contribution in [0.1, 0.15) is 103 Å². The van der Waals surface area contributed by atoms with Crippen LogP contribution in [0, 0.1) is 34.0 Å². The Morgan fingerprint density at radius 3 is 1.73 bits per heavy atom. The Morgan fingerprint density at radius 2 is 1.24 bits per heavy atom. The van der Waals surface area contributed by atoms with Crippen molar-refractivity contribution in [3.05, 3.63) is 0 Å². The lowest BCUT2D eigenvalue weighted by molar-refractivity contribution is -0.150. The second-order valence-electron chi connectivity index (χ2n) is 12.3. The molecule has 2 heterocycles. The van der Waals surface area contributed by atoms with E-state index in [1.165, 1.54) is 96.8 Å². The van der Waals surface area contributed by atoms with Crippen LogP contribution in [0.3, 0.4) is 0 Å². The summed E-state index contributed by atoms with van der Waals surface area (Å²) in [5.74, 6) is 0.738. The highest BCUT2D eigenvalue weighted by Gasteiger charge is 2.55. The van der Waals surface area contributed by atoms with Crippen LogP contribution in [0.15, 0.2) is 0 Å². The number of hydrogen-bond acceptors (Lipinski definition) is 4. The number of rotatable bonds is 5. The highest BCUT2D eigenvalue weighted by atomic mass is 16.4. The number of piperidine rings is 2. The fourth-order valence-electron chi connectivity index (χ4n) is 7.86. The summed E-state index contributed by atoms with van der Waals surface area (Å²) < 4.78 is 0. The number of nitrogens with zero attached hydrogens (tertiary/aromatic N) is 3. The second kappa shape index (κ2) is 9.86. The maximum absolute atomic E-state index is 11.6. The molecule has 1 N–H and O–H groups in total. The van der Waals surface area contributed by atoms with Gasteiger partial charge in [0, 0.05) is 12.1 Å². The molecule has 0 aromatic heterocycles. The normalized spacial score (nSPS) is 40.1. The van der Waals surface area contributed by atoms with E-state index in [-0.39, 0.29) is 10.8 Å². The molecule has 0 spiro atoms. The van der Waals surface area contributed by atoms with Gasteiger partial charge < -0.3 is 14.9 Å². The average molecular weight is 456 g/mol. The summed E-state index contributed by atoms with van der Waals surface area (Å²) in [7, 11) is 0. The number of carbonyl (C=O) groups is 1. The summed E-state index contributed by atoms with van der Waals surface area (Å²) >= 11 is 0. The molecule has 184 valence electrons. The van der Waals surface area contributed by atoms with Gasteiger partial charge in [0.1, 0.15) is 0 Å². The third-order valence-electron chi connectivity index (χ3n) is 10.2. The molecule has 4 aliphatic carbocycles. The molecule has 0 aromatic rings. The quantitative estimate of drug-likeness (QED) is 0.597. The van der Waals surface area contributed by atoms with E-state index in [4.69, 9.17) is 0 Å². The smallest absolute Gasteiger partial charge is 0.309 e. The van der Waals surface area contributed by atoms with Crippen molar-refractivity contribution in [1.29, 1.82) is 5.26 Å². The molecule has 6 rings (SSSR count). The Bertz CT molecular complexity index is 730. The first kappa shape index (κ1) is 23.6. The van der Waals surface area contributed by atoms with Crippen molar-refractivity contribution in [3.8, 4) is 6.07 Å². The van der Waals surface area contributed by atoms with Crippen LogP contribution < -0.4 is 0 Å². The molecule has 4 saturated carbocycles. The lowest BCUT2D eigenvalue weighted by Crippen LogP contribution is -2.40. The zero-order valence-corrected chi connectivity index (χ0v) is 20.6. The van der Waals surface area contributed by atoms with E-state index in [0.717, 1.165) is 44.1 Å². The fourth-order valence-corrected chi connectivity index (χ4v) is 7.86. The van der Waals surface area contributed by atoms with Crippen molar-refractivity contribution < 1.29 is 9.90 Å². The van der Waals surface area contributed by atoms with Crippen LogP contribution in [0.4, 0.5) is 0 Å². The molecular weight excluding hydrogens is 410 g/mol. The van der Waals surface area contributed by atoms with Crippen molar-refractivity contribution in [2.24, 2.45) is 22.7 Å². The van der Waals surface area contributed by atoms with Crippen molar-refractivity contribution >= 4 is 5.97 Å². The van der Waals surface area contributed by atoms with Gasteiger partial charge >= 0.3 is 5.97 Å². The summed E-state index contributed by atoms with van der Waals surface area (Å²) in [5, 5.41) is 19.0. The highest BCUT2D eigenvalue weighted by Crippen LogP contribution is 2.56. The average Bonchev–Trinajstić information content (AvgIpc) is 3.81. The number of hydrogen-bond donors (Lipinski definition) is 1. The van der Waals surface area contributed by atoms with E-state index in [1.807, 2.05) is 0 Å². The zero-order valence-electron chi connectivity index (χ0n) is 20.6.